The molecule has 3 rings (SSSR count). The van der Waals surface area contributed by atoms with E-state index >= 15 is 0 Å². The molecule has 2 aliphatic heterocycles. The second kappa shape index (κ2) is 5.13. The van der Waals surface area contributed by atoms with Gasteiger partial charge in [-0.15, -0.1) is 0 Å². The summed E-state index contributed by atoms with van der Waals surface area (Å²) in [5.41, 5.74) is 1.18. The van der Waals surface area contributed by atoms with Crippen LogP contribution in [0.5, 0.6) is 11.5 Å². The number of hydrogen-bond acceptors (Lipinski definition) is 4. The molecule has 6 heteroatoms. The van der Waals surface area contributed by atoms with E-state index in [2.05, 4.69) is 21.2 Å². The van der Waals surface area contributed by atoms with Gasteiger partial charge in [-0.3, -0.25) is 0 Å². The van der Waals surface area contributed by atoms with Crippen molar-refractivity contribution >= 4 is 23.0 Å². The maximum absolute atomic E-state index is 5.42. The van der Waals surface area contributed by atoms with E-state index in [0.29, 0.717) is 6.79 Å². The number of benzene rings is 1. The SMILES string of the molecule is CNC(=S)N1CCN(c2ccc3c(c2)OCO3)CC1. The highest BCUT2D eigenvalue weighted by Crippen LogP contribution is 2.35. The molecular weight excluding hydrogens is 262 g/mol. The van der Waals surface area contributed by atoms with E-state index in [0.717, 1.165) is 42.8 Å². The molecule has 1 aromatic carbocycles. The van der Waals surface area contributed by atoms with Crippen molar-refractivity contribution in [2.24, 2.45) is 0 Å². The van der Waals surface area contributed by atoms with E-state index in [1.807, 2.05) is 19.2 Å². The minimum atomic E-state index is 0.322. The molecule has 19 heavy (non-hydrogen) atoms. The minimum absolute atomic E-state index is 0.322. The molecule has 0 saturated carbocycles. The Kier molecular flexibility index (Phi) is 3.33. The zero-order valence-corrected chi connectivity index (χ0v) is 11.7. The van der Waals surface area contributed by atoms with E-state index in [1.165, 1.54) is 5.69 Å². The fourth-order valence-electron chi connectivity index (χ4n) is 2.41. The van der Waals surface area contributed by atoms with Gasteiger partial charge in [-0.1, -0.05) is 0 Å². The summed E-state index contributed by atoms with van der Waals surface area (Å²) in [6.07, 6.45) is 0. The number of hydrogen-bond donors (Lipinski definition) is 1. The van der Waals surface area contributed by atoms with Gasteiger partial charge in [0.2, 0.25) is 6.79 Å². The van der Waals surface area contributed by atoms with Crippen LogP contribution in [0.3, 0.4) is 0 Å². The molecule has 1 saturated heterocycles. The van der Waals surface area contributed by atoms with Gasteiger partial charge in [-0.2, -0.15) is 0 Å². The number of thiocarbonyl (C=S) groups is 1. The molecule has 0 bridgehead atoms. The minimum Gasteiger partial charge on any atom is -0.454 e. The Hall–Kier alpha value is -1.69. The van der Waals surface area contributed by atoms with Crippen LogP contribution in [0.2, 0.25) is 0 Å². The van der Waals surface area contributed by atoms with Crippen molar-refractivity contribution in [2.45, 2.75) is 0 Å². The molecule has 5 nitrogen and oxygen atoms in total. The molecule has 1 N–H and O–H groups in total. The maximum Gasteiger partial charge on any atom is 0.231 e. The molecule has 1 aromatic rings. The van der Waals surface area contributed by atoms with Gasteiger partial charge in [0, 0.05) is 45.0 Å². The maximum atomic E-state index is 5.42. The lowest BCUT2D eigenvalue weighted by Gasteiger charge is -2.37. The van der Waals surface area contributed by atoms with Crippen molar-refractivity contribution in [3.63, 3.8) is 0 Å². The van der Waals surface area contributed by atoms with Crippen LogP contribution in [-0.4, -0.2) is 50.0 Å². The predicted octanol–water partition coefficient (Wildman–Crippen LogP) is 1.04. The molecule has 1 fully saturated rings. The average molecular weight is 279 g/mol. The molecule has 2 heterocycles. The second-order valence-corrected chi connectivity index (χ2v) is 4.95. The Morgan fingerprint density at radius 2 is 1.89 bits per heavy atom. The van der Waals surface area contributed by atoms with Crippen LogP contribution in [-0.2, 0) is 0 Å². The van der Waals surface area contributed by atoms with Crippen LogP contribution in [0.1, 0.15) is 0 Å². The highest BCUT2D eigenvalue weighted by molar-refractivity contribution is 7.80. The second-order valence-electron chi connectivity index (χ2n) is 4.57. The lowest BCUT2D eigenvalue weighted by atomic mass is 10.2. The Morgan fingerprint density at radius 3 is 2.63 bits per heavy atom. The first-order valence-electron chi connectivity index (χ1n) is 6.39. The normalized spacial score (nSPS) is 17.5. The molecule has 0 aliphatic carbocycles. The first-order chi connectivity index (χ1) is 9.28. The van der Waals surface area contributed by atoms with Crippen LogP contribution in [0.4, 0.5) is 5.69 Å². The molecule has 2 aliphatic rings. The molecule has 0 unspecified atom stereocenters. The first-order valence-corrected chi connectivity index (χ1v) is 6.80. The summed E-state index contributed by atoms with van der Waals surface area (Å²) in [6, 6.07) is 6.11. The lowest BCUT2D eigenvalue weighted by Crippen LogP contribution is -2.51. The van der Waals surface area contributed by atoms with Gasteiger partial charge in [0.05, 0.1) is 0 Å². The van der Waals surface area contributed by atoms with Crippen LogP contribution < -0.4 is 19.7 Å². The number of piperazine rings is 1. The van der Waals surface area contributed by atoms with Crippen LogP contribution in [0.25, 0.3) is 0 Å². The van der Waals surface area contributed by atoms with Crippen molar-refractivity contribution in [2.75, 3.05) is 44.9 Å². The van der Waals surface area contributed by atoms with Crippen LogP contribution in [0, 0.1) is 0 Å². The van der Waals surface area contributed by atoms with Gasteiger partial charge in [0.15, 0.2) is 16.6 Å². The molecule has 0 amide bonds. The summed E-state index contributed by atoms with van der Waals surface area (Å²) in [5, 5.41) is 3.85. The van der Waals surface area contributed by atoms with E-state index in [-0.39, 0.29) is 0 Å². The monoisotopic (exact) mass is 279 g/mol. The topological polar surface area (TPSA) is 37.0 Å². The average Bonchev–Trinajstić information content (AvgIpc) is 2.94. The summed E-state index contributed by atoms with van der Waals surface area (Å²) in [7, 11) is 1.87. The third-order valence-electron chi connectivity index (χ3n) is 3.50. The lowest BCUT2D eigenvalue weighted by molar-refractivity contribution is 0.174. The van der Waals surface area contributed by atoms with Gasteiger partial charge in [-0.05, 0) is 24.4 Å². The molecule has 102 valence electrons. The quantitative estimate of drug-likeness (QED) is 0.774. The highest BCUT2D eigenvalue weighted by Gasteiger charge is 2.21. The Bertz CT molecular complexity index is 487. The van der Waals surface area contributed by atoms with Gasteiger partial charge in [0.25, 0.3) is 0 Å². The largest absolute Gasteiger partial charge is 0.454 e. The summed E-state index contributed by atoms with van der Waals surface area (Å²) in [5.74, 6) is 1.67. The van der Waals surface area contributed by atoms with Crippen molar-refractivity contribution in [3.8, 4) is 11.5 Å². The predicted molar refractivity (Wildman–Crippen MR) is 78.0 cm³/mol. The van der Waals surface area contributed by atoms with Crippen molar-refractivity contribution in [1.82, 2.24) is 10.2 Å². The fraction of sp³-hybridized carbons (Fsp3) is 0.462. The summed E-state index contributed by atoms with van der Waals surface area (Å²) in [6.45, 7) is 4.12. The molecule has 0 spiro atoms. The van der Waals surface area contributed by atoms with Crippen LogP contribution in [0.15, 0.2) is 18.2 Å². The van der Waals surface area contributed by atoms with Crippen LogP contribution >= 0.6 is 12.2 Å². The molecule has 0 radical (unpaired) electrons. The molecular formula is C13H17N3O2S. The third kappa shape index (κ3) is 2.40. The fourth-order valence-corrected chi connectivity index (χ4v) is 2.59. The smallest absolute Gasteiger partial charge is 0.231 e. The van der Waals surface area contributed by atoms with E-state index < -0.39 is 0 Å². The van der Waals surface area contributed by atoms with Crippen molar-refractivity contribution in [1.29, 1.82) is 0 Å². The van der Waals surface area contributed by atoms with Gasteiger partial charge < -0.3 is 24.6 Å². The number of ether oxygens (including phenoxy) is 2. The number of nitrogens with zero attached hydrogens (tertiary/aromatic N) is 2. The Morgan fingerprint density at radius 1 is 1.16 bits per heavy atom. The molecule has 0 aromatic heterocycles. The van der Waals surface area contributed by atoms with Gasteiger partial charge in [0.1, 0.15) is 0 Å². The third-order valence-corrected chi connectivity index (χ3v) is 3.96. The first kappa shape index (κ1) is 12.3. The number of anilines is 1. The van der Waals surface area contributed by atoms with Gasteiger partial charge in [-0.25, -0.2) is 0 Å². The Labute approximate surface area is 118 Å². The standard InChI is InChI=1S/C13H17N3O2S/c1-14-13(19)16-6-4-15(5-7-16)10-2-3-11-12(8-10)18-9-17-11/h2-3,8H,4-7,9H2,1H3,(H,14,19). The van der Waals surface area contributed by atoms with E-state index in [9.17, 15) is 0 Å². The van der Waals surface area contributed by atoms with Crippen molar-refractivity contribution in [3.05, 3.63) is 18.2 Å². The highest BCUT2D eigenvalue weighted by atomic mass is 32.1. The zero-order valence-electron chi connectivity index (χ0n) is 10.9. The molecule has 0 atom stereocenters. The van der Waals surface area contributed by atoms with Gasteiger partial charge >= 0.3 is 0 Å². The summed E-state index contributed by atoms with van der Waals surface area (Å²) in [4.78, 5) is 4.54. The number of fused-ring (bicyclic) bond motifs is 1. The van der Waals surface area contributed by atoms with E-state index in [1.54, 1.807) is 0 Å². The number of rotatable bonds is 1. The Balaban J connectivity index is 1.67. The summed E-state index contributed by atoms with van der Waals surface area (Å²) >= 11 is 5.26. The zero-order chi connectivity index (χ0) is 13.2. The van der Waals surface area contributed by atoms with E-state index in [4.69, 9.17) is 21.7 Å². The van der Waals surface area contributed by atoms with Crippen molar-refractivity contribution < 1.29 is 9.47 Å². The summed E-state index contributed by atoms with van der Waals surface area (Å²) < 4.78 is 10.7. The number of nitrogens with one attached hydrogen (secondary N) is 1.